The average molecular weight is 323 g/mol. The van der Waals surface area contributed by atoms with Gasteiger partial charge in [-0.25, -0.2) is 0 Å². The first kappa shape index (κ1) is 13.7. The molecule has 1 heterocycles. The number of halogens is 1. The second kappa shape index (κ2) is 5.93. The van der Waals surface area contributed by atoms with Crippen molar-refractivity contribution >= 4 is 21.6 Å². The van der Waals surface area contributed by atoms with E-state index in [9.17, 15) is 5.11 Å². The van der Waals surface area contributed by atoms with Gasteiger partial charge in [-0.05, 0) is 53.2 Å². The van der Waals surface area contributed by atoms with Crippen LogP contribution in [0.3, 0.4) is 0 Å². The number of pyridine rings is 1. The fraction of sp³-hybridized carbons (Fsp3) is 0.214. The Morgan fingerprint density at radius 3 is 2.79 bits per heavy atom. The summed E-state index contributed by atoms with van der Waals surface area (Å²) in [6.45, 7) is 2.36. The van der Waals surface area contributed by atoms with Crippen molar-refractivity contribution in [3.05, 3.63) is 46.2 Å². The summed E-state index contributed by atoms with van der Waals surface area (Å²) in [5, 5.41) is 12.9. The summed E-state index contributed by atoms with van der Waals surface area (Å²) in [5.74, 6) is 0.979. The molecule has 0 radical (unpaired) electrons. The van der Waals surface area contributed by atoms with Gasteiger partial charge in [-0.3, -0.25) is 4.98 Å². The van der Waals surface area contributed by atoms with E-state index in [1.54, 1.807) is 19.2 Å². The molecule has 2 N–H and O–H groups in total. The van der Waals surface area contributed by atoms with Crippen LogP contribution in [0.1, 0.15) is 11.4 Å². The summed E-state index contributed by atoms with van der Waals surface area (Å²) >= 11 is 3.43. The van der Waals surface area contributed by atoms with E-state index in [0.29, 0.717) is 12.2 Å². The Kier molecular flexibility index (Phi) is 4.27. The first-order valence-corrected chi connectivity index (χ1v) is 6.62. The SMILES string of the molecule is COc1ccc(NCc2nc(C)ccc2O)cc1Br. The van der Waals surface area contributed by atoms with Crippen LogP contribution in [0, 0.1) is 6.92 Å². The zero-order valence-electron chi connectivity index (χ0n) is 10.8. The molecule has 0 spiro atoms. The Morgan fingerprint density at radius 1 is 1.32 bits per heavy atom. The molecule has 0 aliphatic rings. The molecule has 5 heteroatoms. The van der Waals surface area contributed by atoms with Crippen molar-refractivity contribution in [3.63, 3.8) is 0 Å². The lowest BCUT2D eigenvalue weighted by Gasteiger charge is -2.10. The molecule has 0 atom stereocenters. The van der Waals surface area contributed by atoms with Crippen molar-refractivity contribution in [2.24, 2.45) is 0 Å². The molecule has 0 bridgehead atoms. The van der Waals surface area contributed by atoms with Gasteiger partial charge in [0.1, 0.15) is 17.2 Å². The highest BCUT2D eigenvalue weighted by Crippen LogP contribution is 2.28. The smallest absolute Gasteiger partial charge is 0.138 e. The Bertz CT molecular complexity index is 588. The number of rotatable bonds is 4. The summed E-state index contributed by atoms with van der Waals surface area (Å²) in [4.78, 5) is 4.30. The maximum absolute atomic E-state index is 9.72. The molecule has 0 aliphatic carbocycles. The number of nitrogens with zero attached hydrogens (tertiary/aromatic N) is 1. The van der Waals surface area contributed by atoms with E-state index >= 15 is 0 Å². The Balaban J connectivity index is 2.10. The number of aromatic nitrogens is 1. The van der Waals surface area contributed by atoms with Gasteiger partial charge in [0.05, 0.1) is 18.1 Å². The molecule has 2 rings (SSSR count). The Labute approximate surface area is 120 Å². The third-order valence-corrected chi connectivity index (χ3v) is 3.32. The van der Waals surface area contributed by atoms with Crippen molar-refractivity contribution in [2.75, 3.05) is 12.4 Å². The van der Waals surface area contributed by atoms with Gasteiger partial charge in [0, 0.05) is 11.4 Å². The van der Waals surface area contributed by atoms with E-state index < -0.39 is 0 Å². The van der Waals surface area contributed by atoms with Crippen molar-refractivity contribution in [3.8, 4) is 11.5 Å². The van der Waals surface area contributed by atoms with Crippen LogP contribution in [0.15, 0.2) is 34.8 Å². The maximum Gasteiger partial charge on any atom is 0.138 e. The fourth-order valence-electron chi connectivity index (χ4n) is 1.70. The van der Waals surface area contributed by atoms with Crippen molar-refractivity contribution in [1.82, 2.24) is 4.98 Å². The van der Waals surface area contributed by atoms with Crippen LogP contribution in [0.4, 0.5) is 5.69 Å². The van der Waals surface area contributed by atoms with Crippen molar-refractivity contribution < 1.29 is 9.84 Å². The van der Waals surface area contributed by atoms with Crippen LogP contribution in [-0.4, -0.2) is 17.2 Å². The van der Waals surface area contributed by atoms with E-state index in [1.165, 1.54) is 0 Å². The van der Waals surface area contributed by atoms with E-state index in [0.717, 1.165) is 21.6 Å². The molecule has 2 aromatic rings. The molecule has 100 valence electrons. The van der Waals surface area contributed by atoms with Gasteiger partial charge in [0.25, 0.3) is 0 Å². The number of aryl methyl sites for hydroxylation is 1. The minimum Gasteiger partial charge on any atom is -0.506 e. The van der Waals surface area contributed by atoms with Crippen LogP contribution in [0.5, 0.6) is 11.5 Å². The van der Waals surface area contributed by atoms with Gasteiger partial charge >= 0.3 is 0 Å². The lowest BCUT2D eigenvalue weighted by atomic mass is 10.2. The maximum atomic E-state index is 9.72. The zero-order chi connectivity index (χ0) is 13.8. The van der Waals surface area contributed by atoms with Gasteiger partial charge in [0.2, 0.25) is 0 Å². The molecular formula is C14H15BrN2O2. The quantitative estimate of drug-likeness (QED) is 0.904. The third kappa shape index (κ3) is 3.38. The van der Waals surface area contributed by atoms with Gasteiger partial charge < -0.3 is 15.2 Å². The lowest BCUT2D eigenvalue weighted by Crippen LogP contribution is -2.03. The van der Waals surface area contributed by atoms with E-state index in [1.807, 2.05) is 25.1 Å². The topological polar surface area (TPSA) is 54.4 Å². The summed E-state index contributed by atoms with van der Waals surface area (Å²) in [5.41, 5.74) is 2.44. The van der Waals surface area contributed by atoms with Gasteiger partial charge in [-0.2, -0.15) is 0 Å². The van der Waals surface area contributed by atoms with Gasteiger partial charge in [-0.1, -0.05) is 0 Å². The summed E-state index contributed by atoms with van der Waals surface area (Å²) in [6.07, 6.45) is 0. The monoisotopic (exact) mass is 322 g/mol. The second-order valence-corrected chi connectivity index (χ2v) is 4.98. The van der Waals surface area contributed by atoms with E-state index in [2.05, 4.69) is 26.2 Å². The molecule has 4 nitrogen and oxygen atoms in total. The van der Waals surface area contributed by atoms with Crippen LogP contribution in [0.2, 0.25) is 0 Å². The van der Waals surface area contributed by atoms with Gasteiger partial charge in [-0.15, -0.1) is 0 Å². The van der Waals surface area contributed by atoms with Crippen LogP contribution in [-0.2, 0) is 6.54 Å². The first-order valence-electron chi connectivity index (χ1n) is 5.83. The molecule has 1 aromatic heterocycles. The minimum atomic E-state index is 0.200. The highest BCUT2D eigenvalue weighted by atomic mass is 79.9. The average Bonchev–Trinajstić information content (AvgIpc) is 2.40. The number of ether oxygens (including phenoxy) is 1. The molecule has 19 heavy (non-hydrogen) atoms. The summed E-state index contributed by atoms with van der Waals surface area (Å²) in [7, 11) is 1.63. The summed E-state index contributed by atoms with van der Waals surface area (Å²) < 4.78 is 6.05. The molecule has 0 amide bonds. The number of nitrogens with one attached hydrogen (secondary N) is 1. The van der Waals surface area contributed by atoms with Crippen LogP contribution in [0.25, 0.3) is 0 Å². The Hall–Kier alpha value is -1.75. The molecule has 1 aromatic carbocycles. The number of methoxy groups -OCH3 is 1. The number of benzene rings is 1. The standard InChI is InChI=1S/C14H15BrN2O2/c1-9-3-5-13(18)12(17-9)8-16-10-4-6-14(19-2)11(15)7-10/h3-7,16,18H,8H2,1-2H3. The number of hydrogen-bond donors (Lipinski definition) is 2. The van der Waals surface area contributed by atoms with Crippen LogP contribution >= 0.6 is 15.9 Å². The predicted octanol–water partition coefficient (Wildman–Crippen LogP) is 3.48. The highest BCUT2D eigenvalue weighted by Gasteiger charge is 2.05. The lowest BCUT2D eigenvalue weighted by molar-refractivity contribution is 0.412. The molecule has 0 saturated heterocycles. The third-order valence-electron chi connectivity index (χ3n) is 2.70. The largest absolute Gasteiger partial charge is 0.506 e. The minimum absolute atomic E-state index is 0.200. The Morgan fingerprint density at radius 2 is 2.11 bits per heavy atom. The number of aromatic hydroxyl groups is 1. The van der Waals surface area contributed by atoms with Crippen molar-refractivity contribution in [1.29, 1.82) is 0 Å². The molecule has 0 aliphatic heterocycles. The molecule has 0 saturated carbocycles. The fourth-order valence-corrected chi connectivity index (χ4v) is 2.24. The highest BCUT2D eigenvalue weighted by molar-refractivity contribution is 9.10. The molecular weight excluding hydrogens is 308 g/mol. The van der Waals surface area contributed by atoms with Gasteiger partial charge in [0.15, 0.2) is 0 Å². The molecule has 0 fully saturated rings. The number of anilines is 1. The van der Waals surface area contributed by atoms with E-state index in [4.69, 9.17) is 4.74 Å². The second-order valence-electron chi connectivity index (χ2n) is 4.12. The van der Waals surface area contributed by atoms with Crippen molar-refractivity contribution in [2.45, 2.75) is 13.5 Å². The van der Waals surface area contributed by atoms with E-state index in [-0.39, 0.29) is 5.75 Å². The molecule has 0 unspecified atom stereocenters. The first-order chi connectivity index (χ1) is 9.10. The zero-order valence-corrected chi connectivity index (χ0v) is 12.4. The number of hydrogen-bond acceptors (Lipinski definition) is 4. The van der Waals surface area contributed by atoms with Crippen LogP contribution < -0.4 is 10.1 Å². The normalized spacial score (nSPS) is 10.3. The summed E-state index contributed by atoms with van der Waals surface area (Å²) in [6, 6.07) is 9.14. The predicted molar refractivity (Wildman–Crippen MR) is 78.7 cm³/mol.